The fourth-order valence-electron chi connectivity index (χ4n) is 3.30. The number of hydrogen-bond donors (Lipinski definition) is 0. The van der Waals surface area contributed by atoms with E-state index in [1.807, 2.05) is 24.4 Å². The second-order valence-corrected chi connectivity index (χ2v) is 10.6. The third-order valence-electron chi connectivity index (χ3n) is 5.00. The van der Waals surface area contributed by atoms with Crippen molar-refractivity contribution in [3.63, 3.8) is 0 Å². The molecule has 0 N–H and O–H groups in total. The summed E-state index contributed by atoms with van der Waals surface area (Å²) in [5, 5.41) is 3.07. The number of rotatable bonds is 5. The number of benzene rings is 1. The summed E-state index contributed by atoms with van der Waals surface area (Å²) in [5.74, 6) is 1.16. The minimum absolute atomic E-state index is 0.0592. The lowest BCUT2D eigenvalue weighted by molar-refractivity contribution is 0.287. The first-order valence-electron chi connectivity index (χ1n) is 10.5. The molecule has 0 saturated heterocycles. The molecule has 34 heavy (non-hydrogen) atoms. The van der Waals surface area contributed by atoms with E-state index in [4.69, 9.17) is 32.9 Å². The Kier molecular flexibility index (Phi) is 6.75. The van der Waals surface area contributed by atoms with Crippen molar-refractivity contribution < 1.29 is 4.74 Å². The first-order chi connectivity index (χ1) is 16.0. The summed E-state index contributed by atoms with van der Waals surface area (Å²) in [6, 6.07) is 7.19. The summed E-state index contributed by atoms with van der Waals surface area (Å²) in [5.41, 5.74) is 2.03. The van der Waals surface area contributed by atoms with Crippen molar-refractivity contribution in [2.75, 3.05) is 0 Å². The number of aryl methyl sites for hydroxylation is 2. The molecule has 3 aromatic heterocycles. The van der Waals surface area contributed by atoms with Crippen molar-refractivity contribution in [3.05, 3.63) is 78.6 Å². The number of hydrogen-bond acceptors (Lipinski definition) is 7. The van der Waals surface area contributed by atoms with E-state index in [9.17, 15) is 4.79 Å². The highest BCUT2D eigenvalue weighted by Gasteiger charge is 2.20. The molecule has 0 radical (unpaired) electrons. The van der Waals surface area contributed by atoms with E-state index < -0.39 is 5.56 Å². The maximum absolute atomic E-state index is 13.2. The van der Waals surface area contributed by atoms with Crippen LogP contribution in [0.4, 0.5) is 0 Å². The third kappa shape index (κ3) is 4.99. The average Bonchev–Trinajstić information content (AvgIpc) is 3.21. The predicted octanol–water partition coefficient (Wildman–Crippen LogP) is 5.95. The second kappa shape index (κ2) is 9.44. The van der Waals surface area contributed by atoms with Gasteiger partial charge in [-0.3, -0.25) is 9.36 Å². The number of ether oxygens (including phenoxy) is 1. The molecule has 4 aromatic rings. The van der Waals surface area contributed by atoms with Crippen LogP contribution in [0.15, 0.2) is 40.6 Å². The van der Waals surface area contributed by atoms with Crippen molar-refractivity contribution in [1.29, 1.82) is 0 Å². The first kappa shape index (κ1) is 24.3. The van der Waals surface area contributed by atoms with E-state index in [2.05, 4.69) is 35.7 Å². The predicted molar refractivity (Wildman–Crippen MR) is 135 cm³/mol. The normalized spacial score (nSPS) is 11.6. The largest absolute Gasteiger partial charge is 0.470 e. The molecule has 1 aromatic carbocycles. The van der Waals surface area contributed by atoms with Gasteiger partial charge in [0.2, 0.25) is 5.88 Å². The van der Waals surface area contributed by atoms with Gasteiger partial charge in [0, 0.05) is 22.6 Å². The monoisotopic (exact) mass is 515 g/mol. The highest BCUT2D eigenvalue weighted by atomic mass is 35.5. The Hall–Kier alpha value is -2.81. The summed E-state index contributed by atoms with van der Waals surface area (Å²) in [6.07, 6.45) is 1.73. The zero-order chi connectivity index (χ0) is 24.6. The molecule has 0 amide bonds. The van der Waals surface area contributed by atoms with Crippen LogP contribution in [0.2, 0.25) is 10.0 Å². The zero-order valence-corrected chi connectivity index (χ0v) is 21.7. The number of halogens is 2. The Labute approximate surface area is 211 Å². The molecule has 0 unspecified atom stereocenters. The van der Waals surface area contributed by atoms with E-state index in [1.54, 1.807) is 25.3 Å². The highest BCUT2D eigenvalue weighted by molar-refractivity contribution is 7.09. The zero-order valence-electron chi connectivity index (χ0n) is 19.4. The van der Waals surface area contributed by atoms with E-state index in [1.165, 1.54) is 15.9 Å². The van der Waals surface area contributed by atoms with Crippen LogP contribution in [0.3, 0.4) is 0 Å². The molecule has 0 fully saturated rings. The Morgan fingerprint density at radius 2 is 1.85 bits per heavy atom. The molecule has 0 atom stereocenters. The molecule has 0 saturated carbocycles. The lowest BCUT2D eigenvalue weighted by atomic mass is 9.95. The average molecular weight is 516 g/mol. The third-order valence-corrected chi connectivity index (χ3v) is 6.46. The van der Waals surface area contributed by atoms with Crippen LogP contribution in [0.1, 0.15) is 43.1 Å². The van der Waals surface area contributed by atoms with Gasteiger partial charge in [0.05, 0.1) is 27.1 Å². The summed E-state index contributed by atoms with van der Waals surface area (Å²) < 4.78 is 7.07. The van der Waals surface area contributed by atoms with Gasteiger partial charge >= 0.3 is 0 Å². The molecule has 0 bridgehead atoms. The van der Waals surface area contributed by atoms with Gasteiger partial charge in [-0.2, -0.15) is 4.98 Å². The van der Waals surface area contributed by atoms with E-state index in [-0.39, 0.29) is 22.9 Å². The Bertz CT molecular complexity index is 1430. The molecule has 4 rings (SSSR count). The van der Waals surface area contributed by atoms with Gasteiger partial charge in [-0.1, -0.05) is 50.0 Å². The summed E-state index contributed by atoms with van der Waals surface area (Å²) >= 11 is 14.4. The van der Waals surface area contributed by atoms with Gasteiger partial charge in [0.15, 0.2) is 5.02 Å². The lowest BCUT2D eigenvalue weighted by Crippen LogP contribution is -2.24. The van der Waals surface area contributed by atoms with Crippen LogP contribution in [-0.4, -0.2) is 24.5 Å². The van der Waals surface area contributed by atoms with Crippen LogP contribution >= 0.6 is 34.5 Å². The van der Waals surface area contributed by atoms with Crippen molar-refractivity contribution in [2.24, 2.45) is 0 Å². The van der Waals surface area contributed by atoms with Gasteiger partial charge < -0.3 is 4.74 Å². The molecule has 0 aliphatic rings. The number of thiazole rings is 1. The minimum atomic E-state index is -0.476. The molecular weight excluding hydrogens is 493 g/mol. The van der Waals surface area contributed by atoms with Crippen LogP contribution in [0, 0.1) is 13.8 Å². The summed E-state index contributed by atoms with van der Waals surface area (Å²) in [6.45, 7) is 9.93. The van der Waals surface area contributed by atoms with Gasteiger partial charge in [-0.05, 0) is 32.0 Å². The second-order valence-electron chi connectivity index (χ2n) is 8.75. The highest BCUT2D eigenvalue weighted by Crippen LogP contribution is 2.29. The maximum Gasteiger partial charge on any atom is 0.280 e. The molecule has 0 aliphatic carbocycles. The maximum atomic E-state index is 13.2. The summed E-state index contributed by atoms with van der Waals surface area (Å²) in [7, 11) is 0. The van der Waals surface area contributed by atoms with E-state index in [0.717, 1.165) is 27.8 Å². The van der Waals surface area contributed by atoms with Crippen molar-refractivity contribution in [1.82, 2.24) is 24.5 Å². The first-order valence-corrected chi connectivity index (χ1v) is 12.1. The molecule has 10 heteroatoms. The van der Waals surface area contributed by atoms with Gasteiger partial charge in [0.1, 0.15) is 18.3 Å². The van der Waals surface area contributed by atoms with Gasteiger partial charge in [0.25, 0.3) is 5.56 Å². The van der Waals surface area contributed by atoms with Crippen LogP contribution in [0.25, 0.3) is 16.9 Å². The standard InChI is InChI=1S/C24H23Cl2N5O2S/c1-13-28-21(33-11-16-12-34-14(2)29-16)20(26)22(32)31(13)19-10-15(6-7-17(19)25)18-8-9-27-23(30-18)24(3,4)5/h6-10,12H,11H2,1-5H3. The number of nitrogens with zero attached hydrogens (tertiary/aromatic N) is 5. The van der Waals surface area contributed by atoms with Crippen molar-refractivity contribution >= 4 is 34.5 Å². The Morgan fingerprint density at radius 3 is 2.53 bits per heavy atom. The molecule has 3 heterocycles. The van der Waals surface area contributed by atoms with E-state index in [0.29, 0.717) is 16.5 Å². The molecule has 0 aliphatic heterocycles. The molecule has 7 nitrogen and oxygen atoms in total. The fraction of sp³-hybridized carbons (Fsp3) is 0.292. The van der Waals surface area contributed by atoms with Crippen LogP contribution in [-0.2, 0) is 12.0 Å². The van der Waals surface area contributed by atoms with Gasteiger partial charge in [-0.25, -0.2) is 15.0 Å². The van der Waals surface area contributed by atoms with Gasteiger partial charge in [-0.15, -0.1) is 11.3 Å². The SMILES string of the molecule is Cc1nc(COc2nc(C)n(-c3cc(-c4ccnc(C(C)(C)C)n4)ccc3Cl)c(=O)c2Cl)cs1. The lowest BCUT2D eigenvalue weighted by Gasteiger charge is -2.17. The molecular formula is C24H23Cl2N5O2S. The Balaban J connectivity index is 1.73. The van der Waals surface area contributed by atoms with Crippen LogP contribution in [0.5, 0.6) is 5.88 Å². The van der Waals surface area contributed by atoms with Crippen LogP contribution < -0.4 is 10.3 Å². The quantitative estimate of drug-likeness (QED) is 0.326. The Morgan fingerprint density at radius 1 is 1.09 bits per heavy atom. The molecule has 176 valence electrons. The smallest absolute Gasteiger partial charge is 0.280 e. The summed E-state index contributed by atoms with van der Waals surface area (Å²) in [4.78, 5) is 31.1. The number of aromatic nitrogens is 5. The topological polar surface area (TPSA) is 82.8 Å². The van der Waals surface area contributed by atoms with E-state index >= 15 is 0 Å². The van der Waals surface area contributed by atoms with Crippen molar-refractivity contribution in [3.8, 4) is 22.8 Å². The molecule has 0 spiro atoms. The fourth-order valence-corrected chi connectivity index (χ4v) is 4.28. The minimum Gasteiger partial charge on any atom is -0.470 e. The van der Waals surface area contributed by atoms with Crippen molar-refractivity contribution in [2.45, 2.75) is 46.6 Å².